The molecule has 2 aliphatic heterocycles. The van der Waals surface area contributed by atoms with Gasteiger partial charge in [0.1, 0.15) is 23.0 Å². The van der Waals surface area contributed by atoms with Gasteiger partial charge in [-0.05, 0) is 140 Å². The summed E-state index contributed by atoms with van der Waals surface area (Å²) in [7, 11) is 0. The maximum atomic E-state index is 10.7. The average molecular weight is 1080 g/mol. The van der Waals surface area contributed by atoms with Crippen LogP contribution in [0.25, 0.3) is 77.2 Å². The fourth-order valence-electron chi connectivity index (χ4n) is 10.6. The number of fused-ring (bicyclic) bond motifs is 6. The number of hydrogen-bond donors (Lipinski definition) is 2. The van der Waals surface area contributed by atoms with Crippen LogP contribution >= 0.6 is 47.0 Å². The topological polar surface area (TPSA) is 58.9 Å². The number of aliphatic hydroxyl groups is 2. The summed E-state index contributed by atoms with van der Waals surface area (Å²) < 4.78 is 15.0. The normalized spacial score (nSPS) is 12.4. The lowest BCUT2D eigenvalue weighted by Gasteiger charge is -2.24. The molecule has 4 nitrogen and oxygen atoms in total. The molecule has 0 atom stereocenters. The molecule has 0 spiro atoms. The van der Waals surface area contributed by atoms with Gasteiger partial charge in [-0.15, -0.1) is 0 Å². The summed E-state index contributed by atoms with van der Waals surface area (Å²) in [5, 5.41) is 25.4. The molecule has 0 aromatic heterocycles. The summed E-state index contributed by atoms with van der Waals surface area (Å²) in [6.45, 7) is -0.227. The highest BCUT2D eigenvalue weighted by Gasteiger charge is 2.27. The molecule has 0 saturated heterocycles. The van der Waals surface area contributed by atoms with Gasteiger partial charge >= 0.3 is 0 Å². The first-order valence-electron chi connectivity index (χ1n) is 25.8. The summed E-state index contributed by atoms with van der Waals surface area (Å²) in [6, 6.07) is 84.9. The molecule has 374 valence electrons. The van der Waals surface area contributed by atoms with Crippen molar-refractivity contribution in [2.45, 2.75) is 52.4 Å². The first kappa shape index (κ1) is 48.5. The molecule has 2 N–H and O–H groups in total. The van der Waals surface area contributed by atoms with Gasteiger partial charge in [-0.3, -0.25) is 0 Å². The van der Waals surface area contributed by atoms with E-state index in [-0.39, 0.29) is 13.2 Å². The molecule has 12 aromatic carbocycles. The number of ether oxygens (including phenoxy) is 2. The van der Waals surface area contributed by atoms with Crippen molar-refractivity contribution in [3.8, 4) is 78.6 Å². The number of hydrogen-bond acceptors (Lipinski definition) is 8. The molecule has 0 fully saturated rings. The third kappa shape index (κ3) is 9.04. The van der Waals surface area contributed by atoms with Crippen LogP contribution in [0.5, 0.6) is 23.0 Å². The van der Waals surface area contributed by atoms with E-state index in [1.54, 1.807) is 47.0 Å². The zero-order valence-electron chi connectivity index (χ0n) is 41.9. The lowest BCUT2D eigenvalue weighted by Crippen LogP contribution is -1.99. The van der Waals surface area contributed by atoms with Crippen LogP contribution in [-0.2, 0) is 13.2 Å². The van der Waals surface area contributed by atoms with E-state index in [0.29, 0.717) is 23.0 Å². The van der Waals surface area contributed by atoms with Gasteiger partial charge in [0.25, 0.3) is 0 Å². The van der Waals surface area contributed by atoms with Crippen molar-refractivity contribution in [3.05, 3.63) is 254 Å². The van der Waals surface area contributed by atoms with E-state index in [1.807, 2.05) is 36.4 Å². The fourth-order valence-corrected chi connectivity index (χ4v) is 15.4. The first-order valence-corrected chi connectivity index (χ1v) is 29.0. The molecule has 0 radical (unpaired) electrons. The predicted octanol–water partition coefficient (Wildman–Crippen LogP) is 20.1. The van der Waals surface area contributed by atoms with Gasteiger partial charge in [-0.1, -0.05) is 205 Å². The molecule has 0 saturated carbocycles. The smallest absolute Gasteiger partial charge is 0.136 e. The van der Waals surface area contributed by atoms with Crippen LogP contribution in [0.3, 0.4) is 0 Å². The highest BCUT2D eigenvalue weighted by Crippen LogP contribution is 2.56. The maximum Gasteiger partial charge on any atom is 0.136 e. The zero-order chi connectivity index (χ0) is 52.1. The van der Waals surface area contributed by atoms with Gasteiger partial charge in [-0.2, -0.15) is 0 Å². The third-order valence-electron chi connectivity index (χ3n) is 14.4. The summed E-state index contributed by atoms with van der Waals surface area (Å²) in [5.41, 5.74) is 11.6. The van der Waals surface area contributed by atoms with Gasteiger partial charge in [0.2, 0.25) is 0 Å². The van der Waals surface area contributed by atoms with Crippen molar-refractivity contribution < 1.29 is 19.7 Å². The molecular weight excluding hydrogens is 1030 g/mol. The second-order valence-electron chi connectivity index (χ2n) is 19.2. The van der Waals surface area contributed by atoms with E-state index in [0.717, 1.165) is 98.1 Å². The molecule has 12 aromatic rings. The van der Waals surface area contributed by atoms with E-state index < -0.39 is 0 Å². The Bertz CT molecular complexity index is 4030. The Morgan fingerprint density at radius 1 is 0.282 bits per heavy atom. The minimum Gasteiger partial charge on any atom is -0.456 e. The molecule has 78 heavy (non-hydrogen) atoms. The van der Waals surface area contributed by atoms with E-state index in [1.165, 1.54) is 29.4 Å². The lowest BCUT2D eigenvalue weighted by atomic mass is 9.89. The van der Waals surface area contributed by atoms with E-state index in [2.05, 4.69) is 206 Å². The highest BCUT2D eigenvalue weighted by atomic mass is 32.2. The zero-order valence-corrected chi connectivity index (χ0v) is 45.1. The predicted molar refractivity (Wildman–Crippen MR) is 323 cm³/mol. The maximum absolute atomic E-state index is 10.7. The van der Waals surface area contributed by atoms with E-state index >= 15 is 0 Å². The van der Waals surface area contributed by atoms with Crippen molar-refractivity contribution in [1.82, 2.24) is 0 Å². The second-order valence-corrected chi connectivity index (χ2v) is 23.5. The van der Waals surface area contributed by atoms with Gasteiger partial charge in [0.05, 0.1) is 13.2 Å². The minimum absolute atomic E-state index is 0.114. The van der Waals surface area contributed by atoms with Crippen LogP contribution in [0.1, 0.15) is 11.1 Å². The van der Waals surface area contributed by atoms with Crippen LogP contribution in [0, 0.1) is 0 Å². The molecule has 8 heteroatoms. The molecular formula is C70H46O4S4. The van der Waals surface area contributed by atoms with Crippen LogP contribution in [0.2, 0.25) is 0 Å². The monoisotopic (exact) mass is 1080 g/mol. The Morgan fingerprint density at radius 3 is 1.09 bits per heavy atom. The standard InChI is InChI=1S/C70H46O4S4/c71-41-43-25-33-57(55(37-43)53-17-11-23-65-69(53)77-63-21-9-7-19-61(63)75-65)73-59-35-29-49-39-47(45-13-3-1-4-14-45)27-31-51(49)67(59)68-52-32-28-48(46-15-5-2-6-16-46)40-50(52)30-36-60(68)74-58-34-26-44(42-72)38-56(58)54-18-12-24-66-70(54)78-64-22-10-8-20-62(64)76-66/h1-40,71-72H,41-42H2. The minimum atomic E-state index is -0.114. The number of rotatable bonds is 11. The highest BCUT2D eigenvalue weighted by molar-refractivity contribution is 8.05. The number of aliphatic hydroxyl groups excluding tert-OH is 2. The summed E-state index contributed by atoms with van der Waals surface area (Å²) >= 11 is 7.10. The van der Waals surface area contributed by atoms with Crippen LogP contribution < -0.4 is 9.47 Å². The Kier molecular flexibility index (Phi) is 12.9. The van der Waals surface area contributed by atoms with E-state index in [9.17, 15) is 10.2 Å². The third-order valence-corrected chi connectivity index (χ3v) is 19.6. The molecule has 0 bridgehead atoms. The fraction of sp³-hybridized carbons (Fsp3) is 0.0286. The second kappa shape index (κ2) is 20.8. The average Bonchev–Trinajstić information content (AvgIpc) is 3.56. The SMILES string of the molecule is OCc1ccc(Oc2ccc3cc(-c4ccccc4)ccc3c2-c2c(Oc3ccc(CO)cc3-c3cccc4c3Sc3ccccc3S4)ccc3cc(-c4ccccc4)ccc23)c(-c2cccc3c2Sc2ccccc2S3)c1. The van der Waals surface area contributed by atoms with Gasteiger partial charge in [0, 0.05) is 72.5 Å². The van der Waals surface area contributed by atoms with Crippen LogP contribution in [0.4, 0.5) is 0 Å². The molecule has 0 aliphatic carbocycles. The van der Waals surface area contributed by atoms with Gasteiger partial charge < -0.3 is 19.7 Å². The van der Waals surface area contributed by atoms with Crippen molar-refractivity contribution >= 4 is 68.6 Å². The van der Waals surface area contributed by atoms with Crippen molar-refractivity contribution in [3.63, 3.8) is 0 Å². The molecule has 0 unspecified atom stereocenters. The molecule has 2 heterocycles. The summed E-state index contributed by atoms with van der Waals surface area (Å²) in [4.78, 5) is 9.53. The van der Waals surface area contributed by atoms with Crippen molar-refractivity contribution in [1.29, 1.82) is 0 Å². The van der Waals surface area contributed by atoms with Crippen LogP contribution in [-0.4, -0.2) is 10.2 Å². The molecule has 2 aliphatic rings. The Morgan fingerprint density at radius 2 is 0.667 bits per heavy atom. The van der Waals surface area contributed by atoms with E-state index in [4.69, 9.17) is 9.47 Å². The van der Waals surface area contributed by atoms with Crippen molar-refractivity contribution in [2.75, 3.05) is 0 Å². The Hall–Kier alpha value is -7.92. The largest absolute Gasteiger partial charge is 0.456 e. The first-order chi connectivity index (χ1) is 38.5. The summed E-state index contributed by atoms with van der Waals surface area (Å²) in [6.07, 6.45) is 0. The van der Waals surface area contributed by atoms with Gasteiger partial charge in [0.15, 0.2) is 0 Å². The lowest BCUT2D eigenvalue weighted by molar-refractivity contribution is 0.281. The molecule has 14 rings (SSSR count). The molecule has 0 amide bonds. The summed E-state index contributed by atoms with van der Waals surface area (Å²) in [5.74, 6) is 2.62. The van der Waals surface area contributed by atoms with Crippen LogP contribution in [0.15, 0.2) is 282 Å². The Labute approximate surface area is 469 Å². The van der Waals surface area contributed by atoms with Crippen molar-refractivity contribution in [2.24, 2.45) is 0 Å². The quantitative estimate of drug-likeness (QED) is 0.133. The number of benzene rings is 12. The Balaban J connectivity index is 0.991. The van der Waals surface area contributed by atoms with Gasteiger partial charge in [-0.25, -0.2) is 0 Å².